The van der Waals surface area contributed by atoms with Crippen LogP contribution in [-0.4, -0.2) is 21.4 Å². The van der Waals surface area contributed by atoms with E-state index in [0.717, 1.165) is 0 Å². The lowest BCUT2D eigenvalue weighted by atomic mass is 9.93. The average Bonchev–Trinajstić information content (AvgIpc) is 3.21. The molecule has 0 aliphatic heterocycles. The van der Waals surface area contributed by atoms with E-state index < -0.39 is 5.60 Å². The Labute approximate surface area is 179 Å². The van der Waals surface area contributed by atoms with E-state index >= 15 is 0 Å². The molecule has 1 unspecified atom stereocenters. The highest BCUT2D eigenvalue weighted by Crippen LogP contribution is 2.36. The van der Waals surface area contributed by atoms with Gasteiger partial charge < -0.3 is 9.47 Å². The van der Waals surface area contributed by atoms with Crippen LogP contribution in [0.1, 0.15) is 12.5 Å². The van der Waals surface area contributed by atoms with Crippen LogP contribution in [0.2, 0.25) is 10.0 Å². The maximum absolute atomic E-state index is 6.64. The van der Waals surface area contributed by atoms with E-state index in [2.05, 4.69) is 28.5 Å². The Morgan fingerprint density at radius 2 is 1.93 bits per heavy atom. The zero-order chi connectivity index (χ0) is 20.7. The van der Waals surface area contributed by atoms with Gasteiger partial charge in [0, 0.05) is 10.6 Å². The van der Waals surface area contributed by atoms with Crippen molar-refractivity contribution in [3.05, 3.63) is 83.4 Å². The van der Waals surface area contributed by atoms with Gasteiger partial charge >= 0.3 is 0 Å². The molecule has 1 heterocycles. The Morgan fingerprint density at radius 3 is 2.55 bits per heavy atom. The van der Waals surface area contributed by atoms with Crippen molar-refractivity contribution in [2.75, 3.05) is 6.61 Å². The van der Waals surface area contributed by atoms with Crippen molar-refractivity contribution < 1.29 is 9.47 Å². The molecule has 2 aromatic carbocycles. The molecule has 148 valence electrons. The van der Waals surface area contributed by atoms with Crippen molar-refractivity contribution in [2.24, 2.45) is 0 Å². The number of ether oxygens (including phenoxy) is 2. The Balaban J connectivity index is 1.96. The molecule has 0 amide bonds. The van der Waals surface area contributed by atoms with Crippen LogP contribution in [0, 0.1) is 11.8 Å². The third kappa shape index (κ3) is 5.18. The molecule has 1 atom stereocenters. The number of rotatable bonds is 8. The molecule has 0 aliphatic carbocycles. The molecule has 1 aromatic heterocycles. The summed E-state index contributed by atoms with van der Waals surface area (Å²) in [6.07, 6.45) is 4.73. The molecule has 0 aliphatic rings. The number of hydrogen-bond donors (Lipinski definition) is 0. The van der Waals surface area contributed by atoms with Crippen molar-refractivity contribution >= 4 is 23.2 Å². The van der Waals surface area contributed by atoms with Crippen LogP contribution >= 0.6 is 23.2 Å². The largest absolute Gasteiger partial charge is 0.457 e. The van der Waals surface area contributed by atoms with Crippen LogP contribution in [0.5, 0.6) is 11.5 Å². The molecule has 0 fully saturated rings. The molecule has 0 spiro atoms. The summed E-state index contributed by atoms with van der Waals surface area (Å²) < 4.78 is 13.6. The molecule has 0 saturated carbocycles. The zero-order valence-corrected chi connectivity index (χ0v) is 17.3. The summed E-state index contributed by atoms with van der Waals surface area (Å²) in [6, 6.07) is 12.5. The van der Waals surface area contributed by atoms with Crippen molar-refractivity contribution in [3.63, 3.8) is 0 Å². The standard InChI is InChI=1S/C22H19Cl2N3O2/c1-3-11-22(28-12-4-2,14-27-16-25-15-26-27)20-10-9-19(13-21(20)24)29-18-7-5-17(23)6-8-18/h4-10,13,15-16H,2,12,14H2,1H3. The summed E-state index contributed by atoms with van der Waals surface area (Å²) in [5.41, 5.74) is -0.318. The van der Waals surface area contributed by atoms with Crippen LogP contribution in [0.15, 0.2) is 67.8 Å². The van der Waals surface area contributed by atoms with Crippen molar-refractivity contribution in [2.45, 2.75) is 19.1 Å². The second-order valence-corrected chi connectivity index (χ2v) is 6.94. The lowest BCUT2D eigenvalue weighted by Gasteiger charge is -2.30. The predicted molar refractivity (Wildman–Crippen MR) is 114 cm³/mol. The van der Waals surface area contributed by atoms with E-state index in [-0.39, 0.29) is 0 Å². The van der Waals surface area contributed by atoms with E-state index in [1.165, 1.54) is 6.33 Å². The second-order valence-electron chi connectivity index (χ2n) is 6.09. The summed E-state index contributed by atoms with van der Waals surface area (Å²) in [6.45, 7) is 6.10. The molecular formula is C22H19Cl2N3O2. The highest BCUT2D eigenvalue weighted by atomic mass is 35.5. The lowest BCUT2D eigenvalue weighted by Crippen LogP contribution is -2.34. The maximum Gasteiger partial charge on any atom is 0.175 e. The molecule has 0 N–H and O–H groups in total. The number of halogens is 2. The van der Waals surface area contributed by atoms with E-state index in [9.17, 15) is 0 Å². The van der Waals surface area contributed by atoms with Gasteiger partial charge in [-0.05, 0) is 49.4 Å². The molecule has 7 heteroatoms. The first-order valence-corrected chi connectivity index (χ1v) is 9.56. The molecular weight excluding hydrogens is 409 g/mol. The van der Waals surface area contributed by atoms with E-state index in [1.807, 2.05) is 12.1 Å². The fourth-order valence-corrected chi connectivity index (χ4v) is 3.27. The quantitative estimate of drug-likeness (QED) is 0.351. The summed E-state index contributed by atoms with van der Waals surface area (Å²) in [5, 5.41) is 5.28. The summed E-state index contributed by atoms with van der Waals surface area (Å²) >= 11 is 12.6. The maximum atomic E-state index is 6.64. The minimum absolute atomic E-state index is 0.294. The van der Waals surface area contributed by atoms with Gasteiger partial charge in [0.25, 0.3) is 0 Å². The first-order valence-electron chi connectivity index (χ1n) is 8.81. The van der Waals surface area contributed by atoms with E-state index in [0.29, 0.717) is 40.3 Å². The van der Waals surface area contributed by atoms with Gasteiger partial charge in [-0.1, -0.05) is 35.2 Å². The Kier molecular flexibility index (Phi) is 6.95. The zero-order valence-electron chi connectivity index (χ0n) is 15.8. The first kappa shape index (κ1) is 20.9. The van der Waals surface area contributed by atoms with Crippen LogP contribution in [0.3, 0.4) is 0 Å². The average molecular weight is 428 g/mol. The van der Waals surface area contributed by atoms with Crippen molar-refractivity contribution in [1.29, 1.82) is 0 Å². The molecule has 0 saturated heterocycles. The molecule has 0 bridgehead atoms. The molecule has 29 heavy (non-hydrogen) atoms. The van der Waals surface area contributed by atoms with Gasteiger partial charge in [-0.25, -0.2) is 9.67 Å². The third-order valence-corrected chi connectivity index (χ3v) is 4.62. The van der Waals surface area contributed by atoms with Gasteiger partial charge in [-0.3, -0.25) is 0 Å². The highest BCUT2D eigenvalue weighted by Gasteiger charge is 2.34. The minimum Gasteiger partial charge on any atom is -0.457 e. The van der Waals surface area contributed by atoms with E-state index in [4.69, 9.17) is 32.7 Å². The summed E-state index contributed by atoms with van der Waals surface area (Å²) in [5.74, 6) is 7.34. The van der Waals surface area contributed by atoms with Crippen molar-refractivity contribution in [3.8, 4) is 23.3 Å². The molecule has 0 radical (unpaired) electrons. The highest BCUT2D eigenvalue weighted by molar-refractivity contribution is 6.31. The number of nitrogens with zero attached hydrogens (tertiary/aromatic N) is 3. The van der Waals surface area contributed by atoms with Crippen LogP contribution < -0.4 is 4.74 Å². The Bertz CT molecular complexity index is 1020. The normalized spacial score (nSPS) is 12.5. The lowest BCUT2D eigenvalue weighted by molar-refractivity contribution is -0.00310. The topological polar surface area (TPSA) is 49.2 Å². The number of aromatic nitrogens is 3. The van der Waals surface area contributed by atoms with Crippen LogP contribution in [0.4, 0.5) is 0 Å². The van der Waals surface area contributed by atoms with Crippen LogP contribution in [-0.2, 0) is 16.9 Å². The van der Waals surface area contributed by atoms with Gasteiger partial charge in [-0.2, -0.15) is 5.10 Å². The third-order valence-electron chi connectivity index (χ3n) is 4.05. The monoisotopic (exact) mass is 427 g/mol. The second kappa shape index (κ2) is 9.62. The van der Waals surface area contributed by atoms with Gasteiger partial charge in [0.05, 0.1) is 18.2 Å². The van der Waals surface area contributed by atoms with Gasteiger partial charge in [0.1, 0.15) is 24.2 Å². The fraction of sp³-hybridized carbons (Fsp3) is 0.182. The summed E-state index contributed by atoms with van der Waals surface area (Å²) in [4.78, 5) is 4.00. The van der Waals surface area contributed by atoms with Gasteiger partial charge in [0.15, 0.2) is 5.60 Å². The summed E-state index contributed by atoms with van der Waals surface area (Å²) in [7, 11) is 0. The minimum atomic E-state index is -1.02. The molecule has 3 rings (SSSR count). The fourth-order valence-electron chi connectivity index (χ4n) is 2.82. The SMILES string of the molecule is C=CCOC(C#CC)(Cn1cncn1)c1ccc(Oc2ccc(Cl)cc2)cc1Cl. The number of hydrogen-bond acceptors (Lipinski definition) is 4. The van der Waals surface area contributed by atoms with Crippen molar-refractivity contribution in [1.82, 2.24) is 14.8 Å². The van der Waals surface area contributed by atoms with Gasteiger partial charge in [-0.15, -0.1) is 12.5 Å². The molecule has 3 aromatic rings. The first-order chi connectivity index (χ1) is 14.1. The molecule has 5 nitrogen and oxygen atoms in total. The smallest absolute Gasteiger partial charge is 0.175 e. The Morgan fingerprint density at radius 1 is 1.17 bits per heavy atom. The van der Waals surface area contributed by atoms with Gasteiger partial charge in [0.2, 0.25) is 0 Å². The predicted octanol–water partition coefficient (Wildman–Crippen LogP) is 5.50. The Hall–Kier alpha value is -2.78. The van der Waals surface area contributed by atoms with Crippen LogP contribution in [0.25, 0.3) is 0 Å². The van der Waals surface area contributed by atoms with E-state index in [1.54, 1.807) is 54.3 Å². The number of benzene rings is 2.